The molecule has 0 saturated heterocycles. The molecule has 0 unspecified atom stereocenters. The third kappa shape index (κ3) is 14.0. The Labute approximate surface area is 107 Å². The van der Waals surface area contributed by atoms with Crippen molar-refractivity contribution in [3.8, 4) is 0 Å². The number of hydrogen-bond acceptors (Lipinski definition) is 0. The molecule has 1 heteroatoms. The summed E-state index contributed by atoms with van der Waals surface area (Å²) in [7, 11) is 0. The van der Waals surface area contributed by atoms with Crippen molar-refractivity contribution in [1.29, 1.82) is 0 Å². The largest absolute Gasteiger partial charge is 0.127 e. The van der Waals surface area contributed by atoms with Gasteiger partial charge in [-0.05, 0) is 32.1 Å². The Hall–Kier alpha value is 0.0300. The summed E-state index contributed by atoms with van der Waals surface area (Å²) < 4.78 is 0. The summed E-state index contributed by atoms with van der Waals surface area (Å²) in [6.45, 7) is 2.26. The van der Waals surface area contributed by atoms with E-state index in [1.807, 2.05) is 0 Å². The Kier molecular flexibility index (Phi) is 15.1. The Morgan fingerprint density at radius 3 is 1.75 bits per heavy atom. The summed E-state index contributed by atoms with van der Waals surface area (Å²) >= 11 is 5.62. The van der Waals surface area contributed by atoms with E-state index in [2.05, 4.69) is 19.1 Å². The zero-order valence-corrected chi connectivity index (χ0v) is 11.8. The van der Waals surface area contributed by atoms with Gasteiger partial charge in [0.2, 0.25) is 0 Å². The maximum atomic E-state index is 5.62. The highest BCUT2D eigenvalue weighted by Crippen LogP contribution is 2.07. The third-order valence-corrected chi connectivity index (χ3v) is 3.16. The average Bonchev–Trinajstić information content (AvgIpc) is 2.31. The van der Waals surface area contributed by atoms with E-state index in [-0.39, 0.29) is 0 Å². The van der Waals surface area contributed by atoms with Crippen molar-refractivity contribution in [1.82, 2.24) is 0 Å². The SMILES string of the molecule is CCCCCC/C=C\CCCCCCCCl. The van der Waals surface area contributed by atoms with Crippen molar-refractivity contribution < 1.29 is 0 Å². The van der Waals surface area contributed by atoms with Crippen LogP contribution in [0.25, 0.3) is 0 Å². The molecule has 0 atom stereocenters. The van der Waals surface area contributed by atoms with Crippen LogP contribution in [-0.2, 0) is 0 Å². The second kappa shape index (κ2) is 15.0. The minimum absolute atomic E-state index is 0.831. The first-order valence-corrected chi connectivity index (χ1v) is 7.66. The van der Waals surface area contributed by atoms with Gasteiger partial charge in [-0.2, -0.15) is 0 Å². The molecule has 0 heterocycles. The lowest BCUT2D eigenvalue weighted by molar-refractivity contribution is 0.637. The van der Waals surface area contributed by atoms with Crippen LogP contribution in [0.5, 0.6) is 0 Å². The summed E-state index contributed by atoms with van der Waals surface area (Å²) in [5.41, 5.74) is 0. The molecule has 0 saturated carbocycles. The first-order valence-electron chi connectivity index (χ1n) is 7.12. The lowest BCUT2D eigenvalue weighted by Crippen LogP contribution is -1.79. The monoisotopic (exact) mass is 244 g/mol. The van der Waals surface area contributed by atoms with E-state index in [9.17, 15) is 0 Å². The third-order valence-electron chi connectivity index (χ3n) is 2.90. The van der Waals surface area contributed by atoms with Gasteiger partial charge in [0.05, 0.1) is 0 Å². The summed E-state index contributed by atoms with van der Waals surface area (Å²) in [6.07, 6.45) is 19.4. The van der Waals surface area contributed by atoms with Crippen LogP contribution in [-0.4, -0.2) is 5.88 Å². The molecule has 96 valence electrons. The standard InChI is InChI=1S/C15H29Cl/c1-2-3-4-5-6-7-8-9-10-11-12-13-14-15-16/h7-8H,2-6,9-15H2,1H3/b8-7-. The van der Waals surface area contributed by atoms with Crippen LogP contribution >= 0.6 is 11.6 Å². The van der Waals surface area contributed by atoms with Gasteiger partial charge >= 0.3 is 0 Å². The highest BCUT2D eigenvalue weighted by atomic mass is 35.5. The smallest absolute Gasteiger partial charge is 0.0223 e. The fourth-order valence-electron chi connectivity index (χ4n) is 1.81. The second-order valence-corrected chi connectivity index (χ2v) is 4.94. The van der Waals surface area contributed by atoms with Crippen molar-refractivity contribution in [2.45, 2.75) is 77.6 Å². The normalized spacial score (nSPS) is 11.4. The van der Waals surface area contributed by atoms with E-state index in [0.29, 0.717) is 0 Å². The van der Waals surface area contributed by atoms with E-state index in [1.54, 1.807) is 0 Å². The molecule has 0 bridgehead atoms. The molecule has 0 aliphatic rings. The fourth-order valence-corrected chi connectivity index (χ4v) is 2.00. The van der Waals surface area contributed by atoms with E-state index >= 15 is 0 Å². The van der Waals surface area contributed by atoms with Gasteiger partial charge in [-0.15, -0.1) is 11.6 Å². The Bertz CT molecular complexity index is 140. The van der Waals surface area contributed by atoms with Crippen LogP contribution < -0.4 is 0 Å². The van der Waals surface area contributed by atoms with Gasteiger partial charge in [0.15, 0.2) is 0 Å². The van der Waals surface area contributed by atoms with Gasteiger partial charge < -0.3 is 0 Å². The van der Waals surface area contributed by atoms with Gasteiger partial charge in [-0.25, -0.2) is 0 Å². The van der Waals surface area contributed by atoms with Gasteiger partial charge in [0, 0.05) is 5.88 Å². The molecule has 0 aromatic carbocycles. The molecule has 0 aliphatic heterocycles. The maximum Gasteiger partial charge on any atom is 0.0223 e. The van der Waals surface area contributed by atoms with E-state index in [0.717, 1.165) is 5.88 Å². The lowest BCUT2D eigenvalue weighted by atomic mass is 10.1. The second-order valence-electron chi connectivity index (χ2n) is 4.57. The molecule has 0 N–H and O–H groups in total. The molecule has 0 aromatic rings. The first kappa shape index (κ1) is 16.0. The van der Waals surface area contributed by atoms with Crippen LogP contribution in [0.3, 0.4) is 0 Å². The number of allylic oxidation sites excluding steroid dienone is 2. The number of hydrogen-bond donors (Lipinski definition) is 0. The van der Waals surface area contributed by atoms with Crippen molar-refractivity contribution >= 4 is 11.6 Å². The molecule has 0 aromatic heterocycles. The summed E-state index contributed by atoms with van der Waals surface area (Å²) in [4.78, 5) is 0. The molecule has 0 nitrogen and oxygen atoms in total. The van der Waals surface area contributed by atoms with Crippen molar-refractivity contribution in [2.75, 3.05) is 5.88 Å². The fraction of sp³-hybridized carbons (Fsp3) is 0.867. The Morgan fingerprint density at radius 1 is 0.688 bits per heavy atom. The van der Waals surface area contributed by atoms with Crippen LogP contribution in [0.4, 0.5) is 0 Å². The summed E-state index contributed by atoms with van der Waals surface area (Å²) in [5, 5.41) is 0. The van der Waals surface area contributed by atoms with E-state index in [1.165, 1.54) is 70.6 Å². The van der Waals surface area contributed by atoms with Gasteiger partial charge in [0.25, 0.3) is 0 Å². The quantitative estimate of drug-likeness (QED) is 0.221. The van der Waals surface area contributed by atoms with Crippen LogP contribution in [0.15, 0.2) is 12.2 Å². The van der Waals surface area contributed by atoms with Crippen LogP contribution in [0.2, 0.25) is 0 Å². The molecule has 0 spiro atoms. The zero-order valence-electron chi connectivity index (χ0n) is 11.0. The molecule has 0 rings (SSSR count). The maximum absolute atomic E-state index is 5.62. The van der Waals surface area contributed by atoms with Crippen molar-refractivity contribution in [3.63, 3.8) is 0 Å². The molecular weight excluding hydrogens is 216 g/mol. The van der Waals surface area contributed by atoms with Crippen molar-refractivity contribution in [2.24, 2.45) is 0 Å². The minimum Gasteiger partial charge on any atom is -0.127 e. The highest BCUT2D eigenvalue weighted by Gasteiger charge is 1.88. The zero-order chi connectivity index (χ0) is 11.9. The van der Waals surface area contributed by atoms with Gasteiger partial charge in [-0.1, -0.05) is 57.6 Å². The topological polar surface area (TPSA) is 0 Å². The highest BCUT2D eigenvalue weighted by molar-refractivity contribution is 6.17. The van der Waals surface area contributed by atoms with Crippen LogP contribution in [0, 0.1) is 0 Å². The molecule has 16 heavy (non-hydrogen) atoms. The number of halogens is 1. The predicted molar refractivity (Wildman–Crippen MR) is 76.3 cm³/mol. The van der Waals surface area contributed by atoms with E-state index in [4.69, 9.17) is 11.6 Å². The molecule has 0 amide bonds. The number of rotatable bonds is 12. The Balaban J connectivity index is 2.98. The lowest BCUT2D eigenvalue weighted by Gasteiger charge is -1.97. The predicted octanol–water partition coefficient (Wildman–Crippen LogP) is 6.09. The molecular formula is C15H29Cl. The average molecular weight is 245 g/mol. The molecule has 0 fully saturated rings. The van der Waals surface area contributed by atoms with Crippen molar-refractivity contribution in [3.05, 3.63) is 12.2 Å². The summed E-state index contributed by atoms with van der Waals surface area (Å²) in [5.74, 6) is 0.831. The number of alkyl halides is 1. The minimum atomic E-state index is 0.831. The molecule has 0 aliphatic carbocycles. The Morgan fingerprint density at radius 2 is 1.19 bits per heavy atom. The number of unbranched alkanes of at least 4 members (excludes halogenated alkanes) is 9. The van der Waals surface area contributed by atoms with Gasteiger partial charge in [-0.3, -0.25) is 0 Å². The van der Waals surface area contributed by atoms with Gasteiger partial charge in [0.1, 0.15) is 0 Å². The molecule has 0 radical (unpaired) electrons. The first-order chi connectivity index (χ1) is 7.91. The van der Waals surface area contributed by atoms with Crippen LogP contribution in [0.1, 0.15) is 77.6 Å². The summed E-state index contributed by atoms with van der Waals surface area (Å²) in [6, 6.07) is 0. The van der Waals surface area contributed by atoms with E-state index < -0.39 is 0 Å².